The lowest BCUT2D eigenvalue weighted by molar-refractivity contribution is 0.0904. The van der Waals surface area contributed by atoms with Gasteiger partial charge in [0.2, 0.25) is 0 Å². The minimum Gasteiger partial charge on any atom is -0.381 e. The molecule has 3 aromatic heterocycles. The first-order chi connectivity index (χ1) is 27.2. The van der Waals surface area contributed by atoms with Crippen molar-refractivity contribution in [1.29, 1.82) is 0 Å². The van der Waals surface area contributed by atoms with Crippen molar-refractivity contribution < 1.29 is 18.7 Å². The fourth-order valence-corrected chi connectivity index (χ4v) is 7.89. The van der Waals surface area contributed by atoms with Gasteiger partial charge in [-0.3, -0.25) is 14.5 Å². The number of carbonyl (C=O) groups excluding carboxylic acids is 2. The van der Waals surface area contributed by atoms with Crippen molar-refractivity contribution in [3.63, 3.8) is 0 Å². The molecule has 0 radical (unpaired) electrons. The summed E-state index contributed by atoms with van der Waals surface area (Å²) in [6.45, 7) is 13.6. The van der Waals surface area contributed by atoms with Crippen LogP contribution in [0.4, 0.5) is 10.1 Å². The largest absolute Gasteiger partial charge is 0.381 e. The van der Waals surface area contributed by atoms with Gasteiger partial charge >= 0.3 is 0 Å². The molecule has 0 bridgehead atoms. The van der Waals surface area contributed by atoms with Gasteiger partial charge in [0.05, 0.1) is 17.3 Å². The van der Waals surface area contributed by atoms with Crippen LogP contribution >= 0.6 is 0 Å². The second-order valence-electron chi connectivity index (χ2n) is 14.9. The monoisotopic (exact) mass is 761 g/mol. The number of pyridine rings is 2. The number of anilines is 1. The molecule has 2 saturated heterocycles. The van der Waals surface area contributed by atoms with Gasteiger partial charge in [0.15, 0.2) is 5.65 Å². The van der Waals surface area contributed by atoms with Crippen molar-refractivity contribution in [2.45, 2.75) is 91.3 Å². The molecule has 13 heteroatoms. The van der Waals surface area contributed by atoms with Crippen LogP contribution < -0.4 is 21.3 Å². The van der Waals surface area contributed by atoms with Crippen LogP contribution in [0.25, 0.3) is 22.2 Å². The Labute approximate surface area is 327 Å². The molecule has 0 aliphatic carbocycles. The molecule has 5 aromatic rings. The van der Waals surface area contributed by atoms with Gasteiger partial charge < -0.3 is 26.0 Å². The van der Waals surface area contributed by atoms with E-state index in [2.05, 4.69) is 56.2 Å². The van der Waals surface area contributed by atoms with Crippen molar-refractivity contribution in [2.24, 2.45) is 0 Å². The Morgan fingerprint density at radius 2 is 1.61 bits per heavy atom. The van der Waals surface area contributed by atoms with E-state index in [1.807, 2.05) is 42.9 Å². The van der Waals surface area contributed by atoms with E-state index in [1.165, 1.54) is 6.07 Å². The van der Waals surface area contributed by atoms with E-state index in [0.717, 1.165) is 77.1 Å². The molecule has 0 saturated carbocycles. The maximum Gasteiger partial charge on any atom is 0.270 e. The maximum atomic E-state index is 15.2. The second kappa shape index (κ2) is 17.7. The van der Waals surface area contributed by atoms with Crippen molar-refractivity contribution in [1.82, 2.24) is 40.6 Å². The number of benzene rings is 2. The number of carbonyl (C=O) groups is 2. The van der Waals surface area contributed by atoms with Gasteiger partial charge in [-0.2, -0.15) is 5.10 Å². The molecule has 56 heavy (non-hydrogen) atoms. The van der Waals surface area contributed by atoms with E-state index in [1.54, 1.807) is 30.3 Å². The molecule has 2 aliphatic rings. The van der Waals surface area contributed by atoms with Crippen molar-refractivity contribution in [3.05, 3.63) is 106 Å². The third-order valence-electron chi connectivity index (χ3n) is 10.6. The van der Waals surface area contributed by atoms with Crippen LogP contribution in [0.2, 0.25) is 0 Å². The summed E-state index contributed by atoms with van der Waals surface area (Å²) in [7, 11) is 0. The number of piperazine rings is 1. The number of aromatic nitrogens is 4. The lowest BCUT2D eigenvalue weighted by Gasteiger charge is -2.36. The molecule has 4 N–H and O–H groups in total. The summed E-state index contributed by atoms with van der Waals surface area (Å²) in [5, 5.41) is 18.7. The van der Waals surface area contributed by atoms with Crippen LogP contribution in [0.1, 0.15) is 83.9 Å². The topological polar surface area (TPSA) is 138 Å². The van der Waals surface area contributed by atoms with E-state index >= 15 is 4.39 Å². The van der Waals surface area contributed by atoms with Crippen LogP contribution in [-0.2, 0) is 37.3 Å². The average molecular weight is 762 g/mol. The first kappa shape index (κ1) is 39.0. The molecular formula is C43H52FN9O3. The quantitative estimate of drug-likeness (QED) is 0.117. The number of halogens is 1. The number of rotatable bonds is 13. The predicted molar refractivity (Wildman–Crippen MR) is 216 cm³/mol. The van der Waals surface area contributed by atoms with E-state index in [0.29, 0.717) is 43.8 Å². The number of nitrogens with one attached hydrogen (secondary N) is 4. The van der Waals surface area contributed by atoms with Crippen LogP contribution in [0.15, 0.2) is 66.9 Å². The maximum absolute atomic E-state index is 15.2. The van der Waals surface area contributed by atoms with Gasteiger partial charge in [-0.25, -0.2) is 19.0 Å². The van der Waals surface area contributed by atoms with Crippen LogP contribution in [0.5, 0.6) is 0 Å². The van der Waals surface area contributed by atoms with Gasteiger partial charge in [-0.1, -0.05) is 37.3 Å². The molecule has 2 amide bonds. The van der Waals surface area contributed by atoms with E-state index in [9.17, 15) is 9.59 Å². The number of hydrogen-bond acceptors (Lipinski definition) is 9. The predicted octanol–water partition coefficient (Wildman–Crippen LogP) is 5.85. The third-order valence-corrected chi connectivity index (χ3v) is 10.6. The van der Waals surface area contributed by atoms with Gasteiger partial charge in [0.25, 0.3) is 11.8 Å². The molecule has 7 rings (SSSR count). The number of fused-ring (bicyclic) bond motifs is 1. The van der Waals surface area contributed by atoms with Gasteiger partial charge in [-0.15, -0.1) is 0 Å². The minimum absolute atomic E-state index is 0.107. The fourth-order valence-electron chi connectivity index (χ4n) is 7.89. The van der Waals surface area contributed by atoms with E-state index < -0.39 is 11.8 Å². The first-order valence-corrected chi connectivity index (χ1v) is 19.8. The van der Waals surface area contributed by atoms with Gasteiger partial charge in [0, 0.05) is 87.4 Å². The lowest BCUT2D eigenvalue weighted by atomic mass is 9.99. The zero-order chi connectivity index (χ0) is 39.2. The number of hydrogen-bond donors (Lipinski definition) is 4. The number of amides is 2. The Kier molecular flexibility index (Phi) is 12.3. The number of nitrogens with zero attached hydrogens (tertiary/aromatic N) is 5. The Morgan fingerprint density at radius 1 is 0.893 bits per heavy atom. The summed E-state index contributed by atoms with van der Waals surface area (Å²) >= 11 is 0. The Balaban J connectivity index is 1.02. The highest BCUT2D eigenvalue weighted by Gasteiger charge is 2.24. The summed E-state index contributed by atoms with van der Waals surface area (Å²) in [5.41, 5.74) is 6.87. The summed E-state index contributed by atoms with van der Waals surface area (Å²) < 4.78 is 22.7. The molecule has 294 valence electrons. The van der Waals surface area contributed by atoms with Crippen molar-refractivity contribution in [2.75, 3.05) is 31.6 Å². The zero-order valence-corrected chi connectivity index (χ0v) is 32.7. The fraction of sp³-hybridized carbons (Fsp3) is 0.419. The molecule has 2 aliphatic heterocycles. The number of aryl methyl sites for hydroxylation is 2. The summed E-state index contributed by atoms with van der Waals surface area (Å²) in [5.74, 6) is -1.17. The second-order valence-corrected chi connectivity index (χ2v) is 14.9. The molecule has 5 heterocycles. The van der Waals surface area contributed by atoms with E-state index in [4.69, 9.17) is 9.72 Å². The Morgan fingerprint density at radius 3 is 2.32 bits per heavy atom. The van der Waals surface area contributed by atoms with Gasteiger partial charge in [-0.05, 0) is 87.1 Å². The van der Waals surface area contributed by atoms with Crippen LogP contribution in [0, 0.1) is 5.82 Å². The Bertz CT molecular complexity index is 2170. The lowest BCUT2D eigenvalue weighted by Crippen LogP contribution is -2.53. The molecule has 0 unspecified atom stereocenters. The van der Waals surface area contributed by atoms with Crippen molar-refractivity contribution in [3.8, 4) is 11.1 Å². The molecule has 2 fully saturated rings. The van der Waals surface area contributed by atoms with Crippen molar-refractivity contribution >= 4 is 28.5 Å². The normalized spacial score (nSPS) is 17.9. The SMILES string of the molecule is CCc1nc2c(cnn2CC)c(NC2CCOCC2)c1CNC(=O)c1cccc(C(=O)NCc2ccc(F)c(-c3cccc(CN4C[C@@H](C)N[C@@H](C)C4)c3)c2)n1. The highest BCUT2D eigenvalue weighted by molar-refractivity contribution is 5.97. The molecule has 2 aromatic carbocycles. The Hall–Kier alpha value is -5.24. The first-order valence-electron chi connectivity index (χ1n) is 19.8. The zero-order valence-electron chi connectivity index (χ0n) is 32.7. The highest BCUT2D eigenvalue weighted by Crippen LogP contribution is 2.31. The summed E-state index contributed by atoms with van der Waals surface area (Å²) in [6.07, 6.45) is 4.26. The molecule has 12 nitrogen and oxygen atoms in total. The highest BCUT2D eigenvalue weighted by atomic mass is 19.1. The minimum atomic E-state index is -0.439. The third kappa shape index (κ3) is 9.07. The molecule has 2 atom stereocenters. The van der Waals surface area contributed by atoms with E-state index in [-0.39, 0.29) is 36.3 Å². The smallest absolute Gasteiger partial charge is 0.270 e. The van der Waals surface area contributed by atoms with Crippen LogP contribution in [-0.4, -0.2) is 80.9 Å². The summed E-state index contributed by atoms with van der Waals surface area (Å²) in [4.78, 5) is 38.7. The van der Waals surface area contributed by atoms with Crippen LogP contribution in [0.3, 0.4) is 0 Å². The number of ether oxygens (including phenoxy) is 1. The van der Waals surface area contributed by atoms with Gasteiger partial charge in [0.1, 0.15) is 17.2 Å². The standard InChI is InChI=1S/C43H52FN9O3/c1-5-37-34(40(49-32-15-17-56-18-16-32)35-23-47-53(6-2)41(35)51-37)22-46-43(55)39-12-8-11-38(50-39)42(54)45-21-29-13-14-36(44)33(20-29)31-10-7-9-30(19-31)26-52-24-27(3)48-28(4)25-52/h7-14,19-20,23,27-28,32,48H,5-6,15-18,21-22,24-26H2,1-4H3,(H,45,54)(H,46,55)(H,49,51)/t27-,28+. The molecular weight excluding hydrogens is 710 g/mol. The molecule has 0 spiro atoms. The average Bonchev–Trinajstić information content (AvgIpc) is 3.63. The summed E-state index contributed by atoms with van der Waals surface area (Å²) in [6, 6.07) is 18.7.